The van der Waals surface area contributed by atoms with Crippen LogP contribution in [0.4, 0.5) is 0 Å². The minimum absolute atomic E-state index is 0.0878. The Morgan fingerprint density at radius 1 is 1.53 bits per heavy atom. The molecule has 0 radical (unpaired) electrons. The molecule has 1 unspecified atom stereocenters. The molecule has 1 N–H and O–H groups in total. The van der Waals surface area contributed by atoms with Gasteiger partial charge in [0.25, 0.3) is 0 Å². The zero-order valence-electron chi connectivity index (χ0n) is 10.3. The Morgan fingerprint density at radius 2 is 2.13 bits per heavy atom. The van der Waals surface area contributed by atoms with E-state index in [0.717, 1.165) is 19.5 Å². The van der Waals surface area contributed by atoms with E-state index in [0.29, 0.717) is 12.3 Å². The van der Waals surface area contributed by atoms with Gasteiger partial charge in [0.1, 0.15) is 5.78 Å². The molecule has 1 heterocycles. The molecule has 0 amide bonds. The zero-order valence-corrected chi connectivity index (χ0v) is 10.3. The van der Waals surface area contributed by atoms with Crippen LogP contribution >= 0.6 is 0 Å². The third kappa shape index (κ3) is 3.28. The van der Waals surface area contributed by atoms with E-state index in [1.54, 1.807) is 0 Å². The van der Waals surface area contributed by atoms with Crippen LogP contribution in [0.15, 0.2) is 0 Å². The van der Waals surface area contributed by atoms with Gasteiger partial charge in [0.15, 0.2) is 0 Å². The number of hydrogen-bond acceptors (Lipinski definition) is 3. The Morgan fingerprint density at radius 3 is 2.60 bits per heavy atom. The predicted octanol–water partition coefficient (Wildman–Crippen LogP) is 1.30. The molecule has 0 aliphatic carbocycles. The van der Waals surface area contributed by atoms with E-state index < -0.39 is 0 Å². The monoisotopic (exact) mass is 213 g/mol. The van der Waals surface area contributed by atoms with Crippen LogP contribution in [0.2, 0.25) is 0 Å². The smallest absolute Gasteiger partial charge is 0.149 e. The number of ketones is 1. The maximum absolute atomic E-state index is 11.6. The lowest BCUT2D eigenvalue weighted by Crippen LogP contribution is -2.50. The van der Waals surface area contributed by atoms with E-state index in [-0.39, 0.29) is 17.4 Å². The topological polar surface area (TPSA) is 40.5 Å². The number of carbonyl (C=O) groups excluding carboxylic acids is 1. The number of aliphatic hydroxyl groups excluding tert-OH is 1. The van der Waals surface area contributed by atoms with Crippen LogP contribution in [0.1, 0.15) is 34.1 Å². The van der Waals surface area contributed by atoms with Crippen molar-refractivity contribution in [3.63, 3.8) is 0 Å². The van der Waals surface area contributed by atoms with Gasteiger partial charge in [0, 0.05) is 24.4 Å². The number of hydrogen-bond donors (Lipinski definition) is 1. The van der Waals surface area contributed by atoms with Crippen molar-refractivity contribution in [1.29, 1.82) is 0 Å². The SMILES string of the molecule is CC(C)C(=O)CN1CCC(O)C(C)(C)C1. The molecule has 0 spiro atoms. The maximum atomic E-state index is 11.6. The summed E-state index contributed by atoms with van der Waals surface area (Å²) in [5.74, 6) is 0.405. The Hall–Kier alpha value is -0.410. The van der Waals surface area contributed by atoms with Gasteiger partial charge < -0.3 is 5.11 Å². The van der Waals surface area contributed by atoms with Gasteiger partial charge in [0.05, 0.1) is 12.6 Å². The molecular formula is C12H23NO2. The Balaban J connectivity index is 2.49. The average Bonchev–Trinajstić information content (AvgIpc) is 2.10. The van der Waals surface area contributed by atoms with E-state index >= 15 is 0 Å². The van der Waals surface area contributed by atoms with Gasteiger partial charge >= 0.3 is 0 Å². The molecule has 3 nitrogen and oxygen atoms in total. The molecule has 0 aromatic carbocycles. The highest BCUT2D eigenvalue weighted by molar-refractivity contribution is 5.82. The lowest BCUT2D eigenvalue weighted by atomic mass is 9.81. The zero-order chi connectivity index (χ0) is 11.6. The van der Waals surface area contributed by atoms with Gasteiger partial charge in [-0.2, -0.15) is 0 Å². The van der Waals surface area contributed by atoms with Crippen LogP contribution in [-0.4, -0.2) is 41.5 Å². The lowest BCUT2D eigenvalue weighted by Gasteiger charge is -2.41. The molecule has 0 bridgehead atoms. The molecule has 0 saturated carbocycles. The first kappa shape index (κ1) is 12.7. The summed E-state index contributed by atoms with van der Waals surface area (Å²) in [4.78, 5) is 13.8. The molecule has 0 aromatic rings. The van der Waals surface area contributed by atoms with Crippen molar-refractivity contribution in [3.8, 4) is 0 Å². The summed E-state index contributed by atoms with van der Waals surface area (Å²) in [7, 11) is 0. The van der Waals surface area contributed by atoms with Crippen molar-refractivity contribution in [2.75, 3.05) is 19.6 Å². The summed E-state index contributed by atoms with van der Waals surface area (Å²) < 4.78 is 0. The van der Waals surface area contributed by atoms with Crippen LogP contribution in [0.5, 0.6) is 0 Å². The van der Waals surface area contributed by atoms with Crippen LogP contribution < -0.4 is 0 Å². The second kappa shape index (κ2) is 4.62. The molecule has 1 atom stereocenters. The predicted molar refractivity (Wildman–Crippen MR) is 60.7 cm³/mol. The Labute approximate surface area is 92.5 Å². The molecule has 0 aromatic heterocycles. The largest absolute Gasteiger partial charge is 0.392 e. The third-order valence-corrected chi connectivity index (χ3v) is 3.28. The second-order valence-electron chi connectivity index (χ2n) is 5.62. The number of carbonyl (C=O) groups is 1. The summed E-state index contributed by atoms with van der Waals surface area (Å²) in [6, 6.07) is 0. The normalized spacial score (nSPS) is 26.9. The first-order valence-corrected chi connectivity index (χ1v) is 5.76. The highest BCUT2D eigenvalue weighted by Gasteiger charge is 2.35. The first-order chi connectivity index (χ1) is 6.83. The minimum Gasteiger partial charge on any atom is -0.392 e. The van der Waals surface area contributed by atoms with Crippen molar-refractivity contribution < 1.29 is 9.90 Å². The molecule has 3 heteroatoms. The van der Waals surface area contributed by atoms with Gasteiger partial charge in [-0.05, 0) is 6.42 Å². The van der Waals surface area contributed by atoms with Gasteiger partial charge in [-0.1, -0.05) is 27.7 Å². The van der Waals surface area contributed by atoms with E-state index in [4.69, 9.17) is 0 Å². The standard InChI is InChI=1S/C12H23NO2/c1-9(2)10(14)7-13-6-5-11(15)12(3,4)8-13/h9,11,15H,5-8H2,1-4H3. The number of piperidine rings is 1. The highest BCUT2D eigenvalue weighted by atomic mass is 16.3. The minimum atomic E-state index is -0.233. The summed E-state index contributed by atoms with van der Waals surface area (Å²) in [5, 5.41) is 9.79. The molecule has 1 aliphatic heterocycles. The molecule has 1 aliphatic rings. The van der Waals surface area contributed by atoms with Crippen LogP contribution in [-0.2, 0) is 4.79 Å². The number of nitrogens with zero attached hydrogens (tertiary/aromatic N) is 1. The van der Waals surface area contributed by atoms with Crippen molar-refractivity contribution in [1.82, 2.24) is 4.90 Å². The number of likely N-dealkylation sites (tertiary alicyclic amines) is 1. The fourth-order valence-electron chi connectivity index (χ4n) is 1.99. The van der Waals surface area contributed by atoms with E-state index in [1.165, 1.54) is 0 Å². The second-order valence-corrected chi connectivity index (χ2v) is 5.62. The molecule has 15 heavy (non-hydrogen) atoms. The fourth-order valence-corrected chi connectivity index (χ4v) is 1.99. The summed E-state index contributed by atoms with van der Waals surface area (Å²) >= 11 is 0. The van der Waals surface area contributed by atoms with Crippen molar-refractivity contribution in [2.45, 2.75) is 40.2 Å². The lowest BCUT2D eigenvalue weighted by molar-refractivity contribution is -0.124. The molecule has 1 fully saturated rings. The van der Waals surface area contributed by atoms with E-state index in [1.807, 2.05) is 13.8 Å². The van der Waals surface area contributed by atoms with Gasteiger partial charge in [-0.25, -0.2) is 0 Å². The highest BCUT2D eigenvalue weighted by Crippen LogP contribution is 2.28. The quantitative estimate of drug-likeness (QED) is 0.768. The molecule has 1 rings (SSSR count). The first-order valence-electron chi connectivity index (χ1n) is 5.76. The van der Waals surface area contributed by atoms with Crippen molar-refractivity contribution in [2.24, 2.45) is 11.3 Å². The summed E-state index contributed by atoms with van der Waals surface area (Å²) in [6.45, 7) is 10.2. The molecule has 88 valence electrons. The van der Waals surface area contributed by atoms with Crippen molar-refractivity contribution >= 4 is 5.78 Å². The molecule has 1 saturated heterocycles. The average molecular weight is 213 g/mol. The number of rotatable bonds is 3. The van der Waals surface area contributed by atoms with Gasteiger partial charge in [-0.15, -0.1) is 0 Å². The fraction of sp³-hybridized carbons (Fsp3) is 0.917. The summed E-state index contributed by atoms with van der Waals surface area (Å²) in [5.41, 5.74) is -0.0878. The van der Waals surface area contributed by atoms with E-state index in [9.17, 15) is 9.90 Å². The van der Waals surface area contributed by atoms with Crippen LogP contribution in [0.3, 0.4) is 0 Å². The van der Waals surface area contributed by atoms with Crippen molar-refractivity contribution in [3.05, 3.63) is 0 Å². The summed E-state index contributed by atoms with van der Waals surface area (Å²) in [6.07, 6.45) is 0.543. The van der Waals surface area contributed by atoms with E-state index in [2.05, 4.69) is 18.7 Å². The van der Waals surface area contributed by atoms with Crippen LogP contribution in [0.25, 0.3) is 0 Å². The van der Waals surface area contributed by atoms with Gasteiger partial charge in [0.2, 0.25) is 0 Å². The van der Waals surface area contributed by atoms with Gasteiger partial charge in [-0.3, -0.25) is 9.69 Å². The number of aliphatic hydroxyl groups is 1. The number of Topliss-reactive ketones (excluding diaryl/α,β-unsaturated/α-hetero) is 1. The maximum Gasteiger partial charge on any atom is 0.149 e. The third-order valence-electron chi connectivity index (χ3n) is 3.28. The molecular weight excluding hydrogens is 190 g/mol. The Kier molecular flexibility index (Phi) is 3.90. The van der Waals surface area contributed by atoms with Crippen LogP contribution in [0, 0.1) is 11.3 Å². The Bertz CT molecular complexity index is 236.